The van der Waals surface area contributed by atoms with Crippen LogP contribution in [-0.4, -0.2) is 15.9 Å². The van der Waals surface area contributed by atoms with E-state index in [0.717, 1.165) is 11.0 Å². The second-order valence-electron chi connectivity index (χ2n) is 3.79. The monoisotopic (exact) mass is 241 g/mol. The molecule has 0 saturated heterocycles. The van der Waals surface area contributed by atoms with E-state index in [-0.39, 0.29) is 0 Å². The summed E-state index contributed by atoms with van der Waals surface area (Å²) < 4.78 is 1.80. The molecule has 2 heterocycles. The Hall–Kier alpha value is -1.94. The molecule has 3 nitrogen and oxygen atoms in total. The van der Waals surface area contributed by atoms with E-state index >= 15 is 0 Å². The van der Waals surface area contributed by atoms with Crippen molar-refractivity contribution in [1.29, 1.82) is 0 Å². The fourth-order valence-electron chi connectivity index (χ4n) is 1.67. The molecule has 0 aliphatic heterocycles. The fraction of sp³-hybridized carbons (Fsp3) is 0.0769. The van der Waals surface area contributed by atoms with Gasteiger partial charge in [0.15, 0.2) is 0 Å². The highest BCUT2D eigenvalue weighted by atomic mass is 32.1. The van der Waals surface area contributed by atoms with E-state index in [0.29, 0.717) is 0 Å². The highest BCUT2D eigenvalue weighted by Crippen LogP contribution is 2.14. The number of hydrogen-bond acceptors (Lipinski definition) is 3. The second-order valence-corrected chi connectivity index (χ2v) is 4.74. The van der Waals surface area contributed by atoms with Crippen LogP contribution in [0.5, 0.6) is 0 Å². The quantitative estimate of drug-likeness (QED) is 0.633. The summed E-state index contributed by atoms with van der Waals surface area (Å²) >= 11 is 1.69. The predicted octanol–water partition coefficient (Wildman–Crippen LogP) is 3.29. The number of fused-ring (bicyclic) bond motifs is 1. The highest BCUT2D eigenvalue weighted by Gasteiger charge is 1.99. The molecule has 3 rings (SSSR count). The van der Waals surface area contributed by atoms with Crippen LogP contribution in [0.25, 0.3) is 11.0 Å². The Balaban J connectivity index is 2.00. The lowest BCUT2D eigenvalue weighted by Gasteiger charge is -1.94. The fourth-order valence-corrected chi connectivity index (χ4v) is 2.45. The molecule has 3 aromatic rings. The molecule has 1 aromatic carbocycles. The van der Waals surface area contributed by atoms with Crippen LogP contribution in [-0.2, 0) is 0 Å². The highest BCUT2D eigenvalue weighted by molar-refractivity contribution is 7.11. The number of nitrogens with zero attached hydrogens (tertiary/aromatic N) is 3. The van der Waals surface area contributed by atoms with E-state index in [2.05, 4.69) is 28.5 Å². The number of rotatable bonds is 2. The smallest absolute Gasteiger partial charge is 0.118 e. The number of thiophene rings is 1. The van der Waals surface area contributed by atoms with Gasteiger partial charge in [-0.1, -0.05) is 12.1 Å². The summed E-state index contributed by atoms with van der Waals surface area (Å²) in [6, 6.07) is 10.1. The second kappa shape index (κ2) is 4.14. The van der Waals surface area contributed by atoms with Crippen molar-refractivity contribution in [2.24, 2.45) is 5.10 Å². The summed E-state index contributed by atoms with van der Waals surface area (Å²) in [6.45, 7) is 2.09. The molecule has 0 radical (unpaired) electrons. The summed E-state index contributed by atoms with van der Waals surface area (Å²) in [5.41, 5.74) is 3.24. The third kappa shape index (κ3) is 1.87. The Labute approximate surface area is 103 Å². The first-order valence-corrected chi connectivity index (χ1v) is 6.23. The molecule has 17 heavy (non-hydrogen) atoms. The average molecular weight is 241 g/mol. The number of para-hydroxylation sites is 2. The van der Waals surface area contributed by atoms with E-state index < -0.39 is 0 Å². The van der Waals surface area contributed by atoms with Crippen LogP contribution < -0.4 is 0 Å². The minimum Gasteiger partial charge on any atom is -0.235 e. The molecule has 0 unspecified atom stereocenters. The van der Waals surface area contributed by atoms with Gasteiger partial charge in [0.1, 0.15) is 6.33 Å². The molecular weight excluding hydrogens is 230 g/mol. The van der Waals surface area contributed by atoms with E-state index in [4.69, 9.17) is 0 Å². The Morgan fingerprint density at radius 2 is 2.18 bits per heavy atom. The van der Waals surface area contributed by atoms with Crippen molar-refractivity contribution in [2.45, 2.75) is 6.92 Å². The Morgan fingerprint density at radius 3 is 3.00 bits per heavy atom. The summed E-state index contributed by atoms with van der Waals surface area (Å²) in [5.74, 6) is 0. The minimum atomic E-state index is 0.965. The summed E-state index contributed by atoms with van der Waals surface area (Å²) in [5, 5.41) is 6.51. The largest absolute Gasteiger partial charge is 0.235 e. The van der Waals surface area contributed by atoms with Gasteiger partial charge in [-0.25, -0.2) is 9.66 Å². The van der Waals surface area contributed by atoms with Crippen molar-refractivity contribution in [3.8, 4) is 0 Å². The van der Waals surface area contributed by atoms with Crippen molar-refractivity contribution >= 4 is 28.6 Å². The number of aryl methyl sites for hydroxylation is 1. The summed E-state index contributed by atoms with van der Waals surface area (Å²) in [4.78, 5) is 5.48. The van der Waals surface area contributed by atoms with Crippen LogP contribution in [0.15, 0.2) is 47.1 Å². The zero-order valence-corrected chi connectivity index (χ0v) is 10.2. The number of imidazole rings is 1. The zero-order chi connectivity index (χ0) is 11.7. The third-order valence-corrected chi connectivity index (χ3v) is 3.59. The van der Waals surface area contributed by atoms with Crippen molar-refractivity contribution in [3.05, 3.63) is 52.5 Å². The van der Waals surface area contributed by atoms with Crippen molar-refractivity contribution in [3.63, 3.8) is 0 Å². The zero-order valence-electron chi connectivity index (χ0n) is 9.37. The molecule has 0 aliphatic carbocycles. The van der Waals surface area contributed by atoms with Gasteiger partial charge in [0.2, 0.25) is 0 Å². The van der Waals surface area contributed by atoms with Gasteiger partial charge in [-0.2, -0.15) is 5.10 Å². The molecule has 4 heteroatoms. The van der Waals surface area contributed by atoms with Gasteiger partial charge >= 0.3 is 0 Å². The minimum absolute atomic E-state index is 0.965. The van der Waals surface area contributed by atoms with Crippen LogP contribution in [0.1, 0.15) is 10.4 Å². The van der Waals surface area contributed by atoms with Gasteiger partial charge in [-0.3, -0.25) is 0 Å². The van der Waals surface area contributed by atoms with Crippen LogP contribution in [0.4, 0.5) is 0 Å². The molecule has 0 aliphatic rings. The molecule has 2 aromatic heterocycles. The number of aromatic nitrogens is 2. The Kier molecular flexibility index (Phi) is 2.49. The molecule has 0 amide bonds. The molecular formula is C13H11N3S. The van der Waals surface area contributed by atoms with Gasteiger partial charge in [-0.05, 0) is 36.1 Å². The maximum absolute atomic E-state index is 4.44. The third-order valence-electron chi connectivity index (χ3n) is 2.64. The standard InChI is InChI=1S/C13H11N3S/c1-10-6-7-17-13(10)8-15-16-9-14-11-4-2-3-5-12(11)16/h2-9H,1H3/b15-8-. The number of hydrogen-bond donors (Lipinski definition) is 0. The SMILES string of the molecule is Cc1ccsc1/C=N\n1cnc2ccccc21. The first kappa shape index (κ1) is 10.2. The maximum atomic E-state index is 4.44. The summed E-state index contributed by atoms with van der Waals surface area (Å²) in [6.07, 6.45) is 3.62. The van der Waals surface area contributed by atoms with Gasteiger partial charge in [0, 0.05) is 0 Å². The van der Waals surface area contributed by atoms with Crippen molar-refractivity contribution in [2.75, 3.05) is 0 Å². The van der Waals surface area contributed by atoms with Crippen LogP contribution in [0.3, 0.4) is 0 Å². The maximum Gasteiger partial charge on any atom is 0.118 e. The van der Waals surface area contributed by atoms with E-state index in [9.17, 15) is 0 Å². The number of benzene rings is 1. The molecule has 84 valence electrons. The van der Waals surface area contributed by atoms with Gasteiger partial charge < -0.3 is 0 Å². The average Bonchev–Trinajstić information content (AvgIpc) is 2.93. The van der Waals surface area contributed by atoms with E-state index in [1.165, 1.54) is 10.4 Å². The van der Waals surface area contributed by atoms with Gasteiger partial charge in [-0.15, -0.1) is 11.3 Å². The van der Waals surface area contributed by atoms with Crippen LogP contribution >= 0.6 is 11.3 Å². The van der Waals surface area contributed by atoms with Crippen molar-refractivity contribution < 1.29 is 0 Å². The lowest BCUT2D eigenvalue weighted by molar-refractivity contribution is 0.915. The normalized spacial score (nSPS) is 11.6. The van der Waals surface area contributed by atoms with Crippen LogP contribution in [0.2, 0.25) is 0 Å². The predicted molar refractivity (Wildman–Crippen MR) is 71.8 cm³/mol. The Bertz CT molecular complexity index is 679. The van der Waals surface area contributed by atoms with Gasteiger partial charge in [0.05, 0.1) is 22.1 Å². The molecule has 0 spiro atoms. The molecule has 0 fully saturated rings. The van der Waals surface area contributed by atoms with Crippen molar-refractivity contribution in [1.82, 2.24) is 9.66 Å². The molecule has 0 saturated carbocycles. The first-order valence-electron chi connectivity index (χ1n) is 5.35. The van der Waals surface area contributed by atoms with Gasteiger partial charge in [0.25, 0.3) is 0 Å². The molecule has 0 bridgehead atoms. The lowest BCUT2D eigenvalue weighted by atomic mass is 10.3. The summed E-state index contributed by atoms with van der Waals surface area (Å²) in [7, 11) is 0. The molecule has 0 N–H and O–H groups in total. The lowest BCUT2D eigenvalue weighted by Crippen LogP contribution is -1.87. The topological polar surface area (TPSA) is 30.2 Å². The van der Waals surface area contributed by atoms with E-state index in [1.54, 1.807) is 22.3 Å². The van der Waals surface area contributed by atoms with E-state index in [1.807, 2.05) is 30.5 Å². The Morgan fingerprint density at radius 1 is 1.29 bits per heavy atom. The van der Waals surface area contributed by atoms with Crippen LogP contribution in [0, 0.1) is 6.92 Å². The first-order chi connectivity index (χ1) is 8.34. The molecule has 0 atom stereocenters.